The highest BCUT2D eigenvalue weighted by Gasteiger charge is 2.31. The second kappa shape index (κ2) is 7.77. The third-order valence-electron chi connectivity index (χ3n) is 4.40. The summed E-state index contributed by atoms with van der Waals surface area (Å²) in [5, 5.41) is 5.18. The number of sulfonamides is 1. The number of thiophene rings is 1. The Labute approximate surface area is 143 Å². The van der Waals surface area contributed by atoms with Gasteiger partial charge in [-0.05, 0) is 37.1 Å². The number of nitrogens with zero attached hydrogens (tertiary/aromatic N) is 1. The summed E-state index contributed by atoms with van der Waals surface area (Å²) < 4.78 is 25.3. The summed E-state index contributed by atoms with van der Waals surface area (Å²) in [6, 6.07) is 4.07. The summed E-state index contributed by atoms with van der Waals surface area (Å²) in [7, 11) is -3.14. The molecule has 1 N–H and O–H groups in total. The second-order valence-electron chi connectivity index (χ2n) is 6.32. The molecule has 1 amide bonds. The second-order valence-corrected chi connectivity index (χ2v) is 9.56. The van der Waals surface area contributed by atoms with Crippen LogP contribution in [0.15, 0.2) is 17.5 Å². The molecule has 23 heavy (non-hydrogen) atoms. The van der Waals surface area contributed by atoms with Crippen molar-refractivity contribution in [3.05, 3.63) is 22.4 Å². The van der Waals surface area contributed by atoms with Crippen molar-refractivity contribution < 1.29 is 13.2 Å². The third kappa shape index (κ3) is 4.55. The van der Waals surface area contributed by atoms with Gasteiger partial charge < -0.3 is 5.32 Å². The van der Waals surface area contributed by atoms with Crippen molar-refractivity contribution in [1.82, 2.24) is 9.62 Å². The Morgan fingerprint density at radius 1 is 1.39 bits per heavy atom. The predicted octanol–water partition coefficient (Wildman–Crippen LogP) is 2.62. The Morgan fingerprint density at radius 2 is 2.04 bits per heavy atom. The summed E-state index contributed by atoms with van der Waals surface area (Å²) in [5.41, 5.74) is 0. The summed E-state index contributed by atoms with van der Waals surface area (Å²) in [5.74, 6) is 0.390. The van der Waals surface area contributed by atoms with Gasteiger partial charge in [-0.15, -0.1) is 11.3 Å². The van der Waals surface area contributed by atoms with E-state index < -0.39 is 10.0 Å². The highest BCUT2D eigenvalue weighted by molar-refractivity contribution is 7.89. The molecule has 130 valence electrons. The molecule has 1 aliphatic rings. The van der Waals surface area contributed by atoms with E-state index in [0.29, 0.717) is 31.8 Å². The molecule has 0 bridgehead atoms. The molecule has 0 saturated carbocycles. The van der Waals surface area contributed by atoms with Crippen LogP contribution in [-0.4, -0.2) is 37.5 Å². The van der Waals surface area contributed by atoms with E-state index in [1.165, 1.54) is 9.18 Å². The molecule has 1 fully saturated rings. The molecule has 0 aromatic carbocycles. The van der Waals surface area contributed by atoms with Crippen LogP contribution in [0, 0.1) is 11.8 Å². The van der Waals surface area contributed by atoms with Crippen molar-refractivity contribution >= 4 is 27.3 Å². The molecule has 5 nitrogen and oxygen atoms in total. The van der Waals surface area contributed by atoms with Gasteiger partial charge in [0.15, 0.2) is 0 Å². The molecule has 0 spiro atoms. The summed E-state index contributed by atoms with van der Waals surface area (Å²) >= 11 is 1.65. The number of carbonyl (C=O) groups is 1. The lowest BCUT2D eigenvalue weighted by atomic mass is 9.95. The van der Waals surface area contributed by atoms with Crippen molar-refractivity contribution in [3.8, 4) is 0 Å². The first-order valence-electron chi connectivity index (χ1n) is 8.16. The summed E-state index contributed by atoms with van der Waals surface area (Å²) in [6.45, 7) is 6.74. The van der Waals surface area contributed by atoms with Crippen LogP contribution >= 0.6 is 11.3 Å². The van der Waals surface area contributed by atoms with Crippen molar-refractivity contribution in [2.24, 2.45) is 11.8 Å². The monoisotopic (exact) mass is 358 g/mol. The molecule has 2 rings (SSSR count). The molecule has 1 atom stereocenters. The van der Waals surface area contributed by atoms with Gasteiger partial charge in [0.1, 0.15) is 0 Å². The van der Waals surface area contributed by atoms with Crippen molar-refractivity contribution in [2.75, 3.05) is 18.8 Å². The largest absolute Gasteiger partial charge is 0.348 e. The number of hydrogen-bond acceptors (Lipinski definition) is 4. The Balaban J connectivity index is 1.94. The lowest BCUT2D eigenvalue weighted by molar-refractivity contribution is -0.127. The standard InChI is InChI=1S/C16H26N2O3S2/c1-4-23(20,21)18-9-7-13(8-10-18)16(19)17-15(12(2)3)14-6-5-11-22-14/h5-6,11-13,15H,4,7-10H2,1-3H3,(H,17,19). The minimum atomic E-state index is -3.14. The maximum absolute atomic E-state index is 12.6. The first kappa shape index (κ1) is 18.4. The Morgan fingerprint density at radius 3 is 2.52 bits per heavy atom. The molecule has 1 aromatic heterocycles. The van der Waals surface area contributed by atoms with Crippen molar-refractivity contribution in [3.63, 3.8) is 0 Å². The zero-order valence-corrected chi connectivity index (χ0v) is 15.6. The molecular formula is C16H26N2O3S2. The number of carbonyl (C=O) groups excluding carboxylic acids is 1. The van der Waals surface area contributed by atoms with E-state index in [-0.39, 0.29) is 23.6 Å². The van der Waals surface area contributed by atoms with Gasteiger partial charge >= 0.3 is 0 Å². The van der Waals surface area contributed by atoms with Gasteiger partial charge in [0.2, 0.25) is 15.9 Å². The Kier molecular flexibility index (Phi) is 6.22. The van der Waals surface area contributed by atoms with Gasteiger partial charge in [0.05, 0.1) is 11.8 Å². The van der Waals surface area contributed by atoms with E-state index in [0.717, 1.165) is 0 Å². The fourth-order valence-corrected chi connectivity index (χ4v) is 4.97. The minimum absolute atomic E-state index is 0.0277. The number of nitrogens with one attached hydrogen (secondary N) is 1. The van der Waals surface area contributed by atoms with E-state index in [1.54, 1.807) is 18.3 Å². The zero-order chi connectivity index (χ0) is 17.0. The number of amides is 1. The van der Waals surface area contributed by atoms with Gasteiger partial charge in [-0.2, -0.15) is 0 Å². The van der Waals surface area contributed by atoms with Crippen LogP contribution in [0.3, 0.4) is 0 Å². The maximum Gasteiger partial charge on any atom is 0.223 e. The SMILES string of the molecule is CCS(=O)(=O)N1CCC(C(=O)NC(c2cccs2)C(C)C)CC1. The molecule has 7 heteroatoms. The summed E-state index contributed by atoms with van der Waals surface area (Å²) in [6.07, 6.45) is 1.20. The molecule has 1 saturated heterocycles. The third-order valence-corrected chi connectivity index (χ3v) is 7.23. The molecule has 0 radical (unpaired) electrons. The van der Waals surface area contributed by atoms with E-state index in [4.69, 9.17) is 0 Å². The Bertz CT molecular complexity index is 603. The normalized spacial score (nSPS) is 19.0. The smallest absolute Gasteiger partial charge is 0.223 e. The first-order valence-corrected chi connectivity index (χ1v) is 10.7. The highest BCUT2D eigenvalue weighted by atomic mass is 32.2. The van der Waals surface area contributed by atoms with Crippen LogP contribution < -0.4 is 5.32 Å². The zero-order valence-electron chi connectivity index (χ0n) is 14.0. The van der Waals surface area contributed by atoms with E-state index in [1.807, 2.05) is 17.5 Å². The molecular weight excluding hydrogens is 332 g/mol. The number of piperidine rings is 1. The Hall–Kier alpha value is -0.920. The van der Waals surface area contributed by atoms with Crippen LogP contribution in [0.25, 0.3) is 0 Å². The fourth-order valence-electron chi connectivity index (χ4n) is 2.88. The van der Waals surface area contributed by atoms with Gasteiger partial charge in [0, 0.05) is 23.9 Å². The molecule has 0 aliphatic carbocycles. The van der Waals surface area contributed by atoms with E-state index in [9.17, 15) is 13.2 Å². The predicted molar refractivity (Wildman–Crippen MR) is 93.8 cm³/mol. The van der Waals surface area contributed by atoms with Crippen LogP contribution in [0.5, 0.6) is 0 Å². The van der Waals surface area contributed by atoms with Crippen LogP contribution in [0.4, 0.5) is 0 Å². The maximum atomic E-state index is 12.6. The van der Waals surface area contributed by atoms with Gasteiger partial charge in [-0.3, -0.25) is 4.79 Å². The lowest BCUT2D eigenvalue weighted by Crippen LogP contribution is -2.44. The summed E-state index contributed by atoms with van der Waals surface area (Å²) in [4.78, 5) is 13.7. The fraction of sp³-hybridized carbons (Fsp3) is 0.688. The number of rotatable bonds is 6. The molecule has 1 unspecified atom stereocenters. The minimum Gasteiger partial charge on any atom is -0.348 e. The van der Waals surface area contributed by atoms with Gasteiger partial charge in [-0.25, -0.2) is 12.7 Å². The van der Waals surface area contributed by atoms with Crippen molar-refractivity contribution in [1.29, 1.82) is 0 Å². The van der Waals surface area contributed by atoms with Gasteiger partial charge in [-0.1, -0.05) is 19.9 Å². The first-order chi connectivity index (χ1) is 10.8. The number of hydrogen-bond donors (Lipinski definition) is 1. The quantitative estimate of drug-likeness (QED) is 0.850. The van der Waals surface area contributed by atoms with Crippen LogP contribution in [0.1, 0.15) is 44.5 Å². The van der Waals surface area contributed by atoms with Crippen LogP contribution in [0.2, 0.25) is 0 Å². The molecule has 1 aromatic rings. The lowest BCUT2D eigenvalue weighted by Gasteiger charge is -2.31. The van der Waals surface area contributed by atoms with E-state index >= 15 is 0 Å². The van der Waals surface area contributed by atoms with Crippen molar-refractivity contribution in [2.45, 2.75) is 39.7 Å². The molecule has 1 aliphatic heterocycles. The van der Waals surface area contributed by atoms with Crippen LogP contribution in [-0.2, 0) is 14.8 Å². The molecule has 2 heterocycles. The topological polar surface area (TPSA) is 66.5 Å². The average molecular weight is 359 g/mol. The van der Waals surface area contributed by atoms with E-state index in [2.05, 4.69) is 19.2 Å². The highest BCUT2D eigenvalue weighted by Crippen LogP contribution is 2.27. The average Bonchev–Trinajstić information content (AvgIpc) is 3.06. The van der Waals surface area contributed by atoms with Gasteiger partial charge in [0.25, 0.3) is 0 Å².